The smallest absolute Gasteiger partial charge is 0.233 e. The van der Waals surface area contributed by atoms with Crippen LogP contribution in [0.3, 0.4) is 0 Å². The molecule has 0 atom stereocenters. The molecule has 0 unspecified atom stereocenters. The molecule has 92 valence electrons. The van der Waals surface area contributed by atoms with E-state index in [0.29, 0.717) is 0 Å². The summed E-state index contributed by atoms with van der Waals surface area (Å²) in [6.07, 6.45) is 1.10. The predicted molar refractivity (Wildman–Crippen MR) is 60.6 cm³/mol. The maximum absolute atomic E-state index is 11.6. The third-order valence-electron chi connectivity index (χ3n) is 1.78. The molecule has 0 aromatic carbocycles. The Hall–Kier alpha value is -1.17. The lowest BCUT2D eigenvalue weighted by Gasteiger charge is -2.01. The molecule has 0 aliphatic carbocycles. The van der Waals surface area contributed by atoms with Gasteiger partial charge in [0.05, 0.1) is 17.1 Å². The number of sulfone groups is 1. The van der Waals surface area contributed by atoms with Crippen LogP contribution >= 0.6 is 10.7 Å². The zero-order chi connectivity index (χ0) is 13.1. The molecular weight excluding hydrogens is 288 g/mol. The third kappa shape index (κ3) is 4.30. The van der Waals surface area contributed by atoms with Crippen LogP contribution < -0.4 is 0 Å². The van der Waals surface area contributed by atoms with Crippen LogP contribution in [-0.2, 0) is 18.9 Å². The third-order valence-corrected chi connectivity index (χ3v) is 4.81. The Bertz CT molecular complexity index is 644. The Morgan fingerprint density at radius 1 is 1.24 bits per heavy atom. The van der Waals surface area contributed by atoms with Crippen molar-refractivity contribution in [2.75, 3.05) is 11.5 Å². The average molecular weight is 295 g/mol. The van der Waals surface area contributed by atoms with Gasteiger partial charge in [-0.25, -0.2) is 21.8 Å². The second-order valence-electron chi connectivity index (χ2n) is 3.06. The van der Waals surface area contributed by atoms with Crippen molar-refractivity contribution in [1.82, 2.24) is 4.98 Å². The molecule has 1 aromatic rings. The Kier molecular flexibility index (Phi) is 4.08. The monoisotopic (exact) mass is 294 g/mol. The highest BCUT2D eigenvalue weighted by atomic mass is 35.7. The van der Waals surface area contributed by atoms with Crippen molar-refractivity contribution in [3.63, 3.8) is 0 Å². The van der Waals surface area contributed by atoms with E-state index in [9.17, 15) is 16.8 Å². The molecule has 9 heteroatoms. The minimum absolute atomic E-state index is 0.217. The maximum Gasteiger partial charge on any atom is 0.233 e. The number of hydrogen-bond donors (Lipinski definition) is 0. The van der Waals surface area contributed by atoms with E-state index in [0.717, 1.165) is 12.3 Å². The van der Waals surface area contributed by atoms with Crippen molar-refractivity contribution in [3.8, 4) is 6.07 Å². The van der Waals surface area contributed by atoms with Gasteiger partial charge in [-0.1, -0.05) is 0 Å². The van der Waals surface area contributed by atoms with E-state index in [1.54, 1.807) is 6.07 Å². The van der Waals surface area contributed by atoms with E-state index < -0.39 is 30.4 Å². The summed E-state index contributed by atoms with van der Waals surface area (Å²) in [7, 11) is -2.75. The summed E-state index contributed by atoms with van der Waals surface area (Å²) >= 11 is 0. The topological polar surface area (TPSA) is 105 Å². The summed E-state index contributed by atoms with van der Waals surface area (Å²) in [5, 5.41) is 8.22. The van der Waals surface area contributed by atoms with Crippen molar-refractivity contribution in [2.45, 2.75) is 5.03 Å². The number of halogens is 1. The molecule has 0 aliphatic heterocycles. The molecule has 6 nitrogen and oxygen atoms in total. The van der Waals surface area contributed by atoms with Crippen molar-refractivity contribution in [3.05, 3.63) is 23.9 Å². The van der Waals surface area contributed by atoms with Gasteiger partial charge >= 0.3 is 0 Å². The van der Waals surface area contributed by atoms with Gasteiger partial charge in [0.25, 0.3) is 0 Å². The molecule has 0 N–H and O–H groups in total. The predicted octanol–water partition coefficient (Wildman–Crippen LogP) is 0.296. The first-order valence-corrected chi connectivity index (χ1v) is 8.39. The van der Waals surface area contributed by atoms with Gasteiger partial charge in [0, 0.05) is 16.9 Å². The van der Waals surface area contributed by atoms with Gasteiger partial charge in [0.2, 0.25) is 9.05 Å². The van der Waals surface area contributed by atoms with Crippen molar-refractivity contribution >= 4 is 29.6 Å². The minimum Gasteiger partial charge on any atom is -0.243 e. The van der Waals surface area contributed by atoms with Gasteiger partial charge in [0.15, 0.2) is 14.9 Å². The molecule has 1 aromatic heterocycles. The Morgan fingerprint density at radius 3 is 2.29 bits per heavy atom. The van der Waals surface area contributed by atoms with Gasteiger partial charge in [-0.3, -0.25) is 0 Å². The summed E-state index contributed by atoms with van der Waals surface area (Å²) < 4.78 is 44.5. The van der Waals surface area contributed by atoms with Crippen molar-refractivity contribution < 1.29 is 16.8 Å². The fourth-order valence-electron chi connectivity index (χ4n) is 0.944. The Morgan fingerprint density at radius 2 is 1.88 bits per heavy atom. The number of aromatic nitrogens is 1. The fourth-order valence-corrected chi connectivity index (χ4v) is 3.88. The average Bonchev–Trinajstić information content (AvgIpc) is 2.26. The highest BCUT2D eigenvalue weighted by Crippen LogP contribution is 2.10. The number of nitrogens with zero attached hydrogens (tertiary/aromatic N) is 2. The van der Waals surface area contributed by atoms with E-state index in [1.165, 1.54) is 6.07 Å². The van der Waals surface area contributed by atoms with E-state index in [-0.39, 0.29) is 10.6 Å². The van der Waals surface area contributed by atoms with E-state index >= 15 is 0 Å². The van der Waals surface area contributed by atoms with E-state index in [1.807, 2.05) is 0 Å². The number of nitriles is 1. The quantitative estimate of drug-likeness (QED) is 0.739. The largest absolute Gasteiger partial charge is 0.243 e. The zero-order valence-electron chi connectivity index (χ0n) is 8.37. The first-order chi connectivity index (χ1) is 7.74. The maximum atomic E-state index is 11.6. The summed E-state index contributed by atoms with van der Waals surface area (Å²) in [4.78, 5) is 3.57. The molecule has 0 fully saturated rings. The second kappa shape index (κ2) is 5.00. The zero-order valence-corrected chi connectivity index (χ0v) is 10.8. The van der Waals surface area contributed by atoms with Crippen LogP contribution in [0.25, 0.3) is 0 Å². The molecule has 1 heterocycles. The Balaban J connectivity index is 2.94. The van der Waals surface area contributed by atoms with E-state index in [4.69, 9.17) is 15.9 Å². The molecule has 0 bridgehead atoms. The Labute approximate surface area is 103 Å². The van der Waals surface area contributed by atoms with E-state index in [2.05, 4.69) is 4.98 Å². The number of pyridine rings is 1. The van der Waals surface area contributed by atoms with Crippen LogP contribution in [0, 0.1) is 11.3 Å². The van der Waals surface area contributed by atoms with Crippen LogP contribution in [0.5, 0.6) is 0 Å². The van der Waals surface area contributed by atoms with Crippen LogP contribution in [0.15, 0.2) is 23.4 Å². The molecule has 0 saturated heterocycles. The molecule has 0 saturated carbocycles. The van der Waals surface area contributed by atoms with Gasteiger partial charge in [-0.15, -0.1) is 0 Å². The molecule has 0 radical (unpaired) electrons. The lowest BCUT2D eigenvalue weighted by Crippen LogP contribution is -2.15. The van der Waals surface area contributed by atoms with Gasteiger partial charge in [0.1, 0.15) is 6.07 Å². The molecule has 17 heavy (non-hydrogen) atoms. The number of hydrogen-bond acceptors (Lipinski definition) is 6. The number of rotatable bonds is 4. The molecule has 0 spiro atoms. The minimum atomic E-state index is -3.87. The van der Waals surface area contributed by atoms with Crippen molar-refractivity contribution in [2.24, 2.45) is 0 Å². The summed E-state index contributed by atoms with van der Waals surface area (Å²) in [5.41, 5.74) is 0.217. The first kappa shape index (κ1) is 13.9. The highest BCUT2D eigenvalue weighted by Gasteiger charge is 2.19. The molecule has 1 rings (SSSR count). The summed E-state index contributed by atoms with van der Waals surface area (Å²) in [6, 6.07) is 4.22. The molecule has 0 aliphatic rings. The summed E-state index contributed by atoms with van der Waals surface area (Å²) in [5.74, 6) is -1.32. The standard InChI is InChI=1S/C8H7ClN2O4S2/c9-17(14,15)4-3-16(12,13)8-2-1-7(5-10)6-11-8/h1-2,6H,3-4H2. The first-order valence-electron chi connectivity index (χ1n) is 4.26. The SMILES string of the molecule is N#Cc1ccc(S(=O)(=O)CCS(=O)(=O)Cl)nc1. The second-order valence-corrected chi connectivity index (χ2v) is 8.01. The van der Waals surface area contributed by atoms with Crippen LogP contribution in [0.2, 0.25) is 0 Å². The van der Waals surface area contributed by atoms with Crippen LogP contribution in [0.4, 0.5) is 0 Å². The fraction of sp³-hybridized carbons (Fsp3) is 0.250. The highest BCUT2D eigenvalue weighted by molar-refractivity contribution is 8.14. The lowest BCUT2D eigenvalue weighted by atomic mass is 10.3. The normalized spacial score (nSPS) is 12.0. The molecule has 0 amide bonds. The van der Waals surface area contributed by atoms with Gasteiger partial charge < -0.3 is 0 Å². The lowest BCUT2D eigenvalue weighted by molar-refractivity contribution is 0.589. The molecular formula is C8H7ClN2O4S2. The van der Waals surface area contributed by atoms with Gasteiger partial charge in [-0.05, 0) is 12.1 Å². The van der Waals surface area contributed by atoms with Crippen LogP contribution in [0.1, 0.15) is 5.56 Å². The van der Waals surface area contributed by atoms with Gasteiger partial charge in [-0.2, -0.15) is 5.26 Å². The summed E-state index contributed by atoms with van der Waals surface area (Å²) in [6.45, 7) is 0. The van der Waals surface area contributed by atoms with Crippen molar-refractivity contribution in [1.29, 1.82) is 5.26 Å². The van der Waals surface area contributed by atoms with Crippen LogP contribution in [-0.4, -0.2) is 33.3 Å².